The Morgan fingerprint density at radius 1 is 1.29 bits per heavy atom. The quantitative estimate of drug-likeness (QED) is 0.434. The Morgan fingerprint density at radius 2 is 1.88 bits per heavy atom. The number of hydrogen-bond donors (Lipinski definition) is 4. The van der Waals surface area contributed by atoms with Gasteiger partial charge in [-0.1, -0.05) is 0 Å². The van der Waals surface area contributed by atoms with E-state index >= 15 is 0 Å². The van der Waals surface area contributed by atoms with Gasteiger partial charge in [0.2, 0.25) is 11.8 Å². The Morgan fingerprint density at radius 3 is 2.29 bits per heavy atom. The van der Waals surface area contributed by atoms with E-state index in [0.717, 1.165) is 12.8 Å². The summed E-state index contributed by atoms with van der Waals surface area (Å²) in [5.74, 6) is -1.95. The van der Waals surface area contributed by atoms with Crippen molar-refractivity contribution in [3.05, 3.63) is 0 Å². The fourth-order valence-electron chi connectivity index (χ4n) is 1.62. The lowest BCUT2D eigenvalue weighted by atomic mass is 10.1. The van der Waals surface area contributed by atoms with Crippen molar-refractivity contribution in [1.82, 2.24) is 5.32 Å². The van der Waals surface area contributed by atoms with Crippen LogP contribution in [0.2, 0.25) is 0 Å². The first-order chi connectivity index (χ1) is 7.90. The number of aliphatic carboxylic acids is 1. The molecule has 2 amide bonds. The highest BCUT2D eigenvalue weighted by molar-refractivity contribution is 5.88. The van der Waals surface area contributed by atoms with E-state index in [1.807, 2.05) is 0 Å². The molecule has 2 atom stereocenters. The number of amides is 2. The zero-order valence-electron chi connectivity index (χ0n) is 9.39. The maximum atomic E-state index is 11.6. The summed E-state index contributed by atoms with van der Waals surface area (Å²) in [6.45, 7) is 0. The van der Waals surface area contributed by atoms with Crippen molar-refractivity contribution in [3.8, 4) is 0 Å². The SMILES string of the molecule is NC(=O)CC(N)C(=O)NC(CC(=O)O)C1CC1. The van der Waals surface area contributed by atoms with Crippen LogP contribution >= 0.6 is 0 Å². The molecule has 0 bridgehead atoms. The summed E-state index contributed by atoms with van der Waals surface area (Å²) in [6.07, 6.45) is 1.45. The van der Waals surface area contributed by atoms with Gasteiger partial charge in [-0.15, -0.1) is 0 Å². The van der Waals surface area contributed by atoms with E-state index in [1.54, 1.807) is 0 Å². The molecule has 17 heavy (non-hydrogen) atoms. The summed E-state index contributed by atoms with van der Waals surface area (Å²) in [5, 5.41) is 11.3. The van der Waals surface area contributed by atoms with Crippen LogP contribution in [0.1, 0.15) is 25.7 Å². The Kier molecular flexibility index (Phi) is 4.45. The topological polar surface area (TPSA) is 136 Å². The maximum Gasteiger partial charge on any atom is 0.305 e. The first-order valence-corrected chi connectivity index (χ1v) is 5.46. The van der Waals surface area contributed by atoms with Gasteiger partial charge in [0.25, 0.3) is 0 Å². The molecule has 2 unspecified atom stereocenters. The van der Waals surface area contributed by atoms with Crippen LogP contribution < -0.4 is 16.8 Å². The van der Waals surface area contributed by atoms with Gasteiger partial charge in [0.15, 0.2) is 0 Å². The molecule has 0 saturated heterocycles. The molecule has 1 rings (SSSR count). The maximum absolute atomic E-state index is 11.6. The standard InChI is InChI=1S/C10H17N3O4/c11-6(3-8(12)14)10(17)13-7(4-9(15)16)5-1-2-5/h5-7H,1-4,11H2,(H2,12,14)(H,13,17)(H,15,16). The lowest BCUT2D eigenvalue weighted by Gasteiger charge is -2.18. The molecule has 0 spiro atoms. The van der Waals surface area contributed by atoms with Crippen molar-refractivity contribution in [2.24, 2.45) is 17.4 Å². The van der Waals surface area contributed by atoms with Crippen LogP contribution in [-0.4, -0.2) is 35.0 Å². The number of carbonyl (C=O) groups excluding carboxylic acids is 2. The molecule has 0 aromatic rings. The number of rotatable bonds is 7. The number of carboxylic acid groups (broad SMARTS) is 1. The molecule has 1 saturated carbocycles. The lowest BCUT2D eigenvalue weighted by Crippen LogP contribution is -2.48. The molecule has 0 aromatic carbocycles. The number of primary amides is 1. The molecule has 1 aliphatic rings. The predicted molar refractivity (Wildman–Crippen MR) is 58.7 cm³/mol. The highest BCUT2D eigenvalue weighted by Crippen LogP contribution is 2.34. The highest BCUT2D eigenvalue weighted by Gasteiger charge is 2.34. The predicted octanol–water partition coefficient (Wildman–Crippen LogP) is -1.44. The van der Waals surface area contributed by atoms with Gasteiger partial charge in [-0.3, -0.25) is 14.4 Å². The molecule has 96 valence electrons. The Bertz CT molecular complexity index is 328. The Balaban J connectivity index is 2.45. The molecule has 6 N–H and O–H groups in total. The van der Waals surface area contributed by atoms with Gasteiger partial charge in [-0.05, 0) is 18.8 Å². The largest absolute Gasteiger partial charge is 0.481 e. The number of carboxylic acids is 1. The Hall–Kier alpha value is -1.63. The monoisotopic (exact) mass is 243 g/mol. The summed E-state index contributed by atoms with van der Waals surface area (Å²) in [6, 6.07) is -1.42. The third kappa shape index (κ3) is 4.81. The van der Waals surface area contributed by atoms with Crippen LogP contribution in [0.25, 0.3) is 0 Å². The first kappa shape index (κ1) is 13.4. The van der Waals surface area contributed by atoms with E-state index in [2.05, 4.69) is 5.32 Å². The van der Waals surface area contributed by atoms with Crippen molar-refractivity contribution in [2.45, 2.75) is 37.8 Å². The molecule has 7 nitrogen and oxygen atoms in total. The van der Waals surface area contributed by atoms with E-state index in [9.17, 15) is 14.4 Å². The second-order valence-electron chi connectivity index (χ2n) is 4.33. The second-order valence-corrected chi connectivity index (χ2v) is 4.33. The summed E-state index contributed by atoms with van der Waals surface area (Å²) in [4.78, 5) is 32.8. The summed E-state index contributed by atoms with van der Waals surface area (Å²) < 4.78 is 0. The molecule has 0 heterocycles. The number of carbonyl (C=O) groups is 3. The highest BCUT2D eigenvalue weighted by atomic mass is 16.4. The van der Waals surface area contributed by atoms with Crippen LogP contribution in [0.4, 0.5) is 0 Å². The van der Waals surface area contributed by atoms with Crippen LogP contribution in [0.15, 0.2) is 0 Å². The van der Waals surface area contributed by atoms with Crippen LogP contribution in [0, 0.1) is 5.92 Å². The van der Waals surface area contributed by atoms with Gasteiger partial charge in [0.1, 0.15) is 0 Å². The van der Waals surface area contributed by atoms with Crippen molar-refractivity contribution in [3.63, 3.8) is 0 Å². The fourth-order valence-corrected chi connectivity index (χ4v) is 1.62. The van der Waals surface area contributed by atoms with Crippen molar-refractivity contribution in [1.29, 1.82) is 0 Å². The van der Waals surface area contributed by atoms with Crippen LogP contribution in [0.3, 0.4) is 0 Å². The van der Waals surface area contributed by atoms with E-state index < -0.39 is 29.9 Å². The average molecular weight is 243 g/mol. The summed E-state index contributed by atoms with van der Waals surface area (Å²) >= 11 is 0. The molecule has 0 radical (unpaired) electrons. The normalized spacial score (nSPS) is 18.2. The summed E-state index contributed by atoms with van der Waals surface area (Å²) in [5.41, 5.74) is 10.4. The molecule has 1 aliphatic carbocycles. The molecule has 7 heteroatoms. The van der Waals surface area contributed by atoms with E-state index in [-0.39, 0.29) is 18.8 Å². The van der Waals surface area contributed by atoms with E-state index in [4.69, 9.17) is 16.6 Å². The number of nitrogens with two attached hydrogens (primary N) is 2. The number of hydrogen-bond acceptors (Lipinski definition) is 4. The van der Waals surface area contributed by atoms with E-state index in [1.165, 1.54) is 0 Å². The van der Waals surface area contributed by atoms with Gasteiger partial charge in [0.05, 0.1) is 18.9 Å². The third-order valence-electron chi connectivity index (χ3n) is 2.67. The van der Waals surface area contributed by atoms with Crippen molar-refractivity contribution < 1.29 is 19.5 Å². The van der Waals surface area contributed by atoms with Crippen molar-refractivity contribution in [2.75, 3.05) is 0 Å². The number of nitrogens with one attached hydrogen (secondary N) is 1. The smallest absolute Gasteiger partial charge is 0.305 e. The fraction of sp³-hybridized carbons (Fsp3) is 0.700. The zero-order chi connectivity index (χ0) is 13.0. The minimum Gasteiger partial charge on any atom is -0.481 e. The van der Waals surface area contributed by atoms with Crippen molar-refractivity contribution >= 4 is 17.8 Å². The summed E-state index contributed by atoms with van der Waals surface area (Å²) in [7, 11) is 0. The van der Waals surface area contributed by atoms with Gasteiger partial charge >= 0.3 is 5.97 Å². The van der Waals surface area contributed by atoms with E-state index in [0.29, 0.717) is 0 Å². The zero-order valence-corrected chi connectivity index (χ0v) is 9.39. The second kappa shape index (κ2) is 5.62. The molecule has 0 aliphatic heterocycles. The molecular weight excluding hydrogens is 226 g/mol. The molecule has 0 aromatic heterocycles. The Labute approximate surface area is 98.5 Å². The lowest BCUT2D eigenvalue weighted by molar-refractivity contribution is -0.138. The van der Waals surface area contributed by atoms with Gasteiger partial charge in [-0.25, -0.2) is 0 Å². The molecule has 1 fully saturated rings. The molecular formula is C10H17N3O4. The minimum atomic E-state index is -1.01. The van der Waals surface area contributed by atoms with Gasteiger partial charge in [-0.2, -0.15) is 0 Å². The average Bonchev–Trinajstić information content (AvgIpc) is 2.97. The third-order valence-corrected chi connectivity index (χ3v) is 2.67. The van der Waals surface area contributed by atoms with Gasteiger partial charge < -0.3 is 21.9 Å². The van der Waals surface area contributed by atoms with Crippen LogP contribution in [0.5, 0.6) is 0 Å². The first-order valence-electron chi connectivity index (χ1n) is 5.46. The van der Waals surface area contributed by atoms with Crippen LogP contribution in [-0.2, 0) is 14.4 Å². The van der Waals surface area contributed by atoms with Gasteiger partial charge in [0, 0.05) is 6.04 Å². The minimum absolute atomic E-state index is 0.125.